The fraction of sp³-hybridized carbons (Fsp3) is 0.0263. The molecule has 0 unspecified atom stereocenters. The highest BCUT2D eigenvalue weighted by molar-refractivity contribution is 6.41. The third kappa shape index (κ3) is 7.11. The predicted molar refractivity (Wildman–Crippen MR) is 329 cm³/mol. The molecule has 364 valence electrons. The average molecular weight is 991 g/mol. The third-order valence-electron chi connectivity index (χ3n) is 16.4. The van der Waals surface area contributed by atoms with Gasteiger partial charge in [0.15, 0.2) is 0 Å². The van der Waals surface area contributed by atoms with Crippen LogP contribution in [0.1, 0.15) is 44.5 Å². The fourth-order valence-corrected chi connectivity index (χ4v) is 13.2. The molecule has 2 nitrogen and oxygen atoms in total. The first-order valence-electron chi connectivity index (χ1n) is 27.0. The Hall–Kier alpha value is -10.0. The lowest BCUT2D eigenvalue weighted by molar-refractivity contribution is 1.30. The molecule has 78 heavy (non-hydrogen) atoms. The highest BCUT2D eigenvalue weighted by atomic mass is 14.7. The summed E-state index contributed by atoms with van der Waals surface area (Å²) < 4.78 is 0. The molecule has 0 N–H and O–H groups in total. The molecule has 13 aromatic rings. The number of allylic oxidation sites excluding steroid dienone is 5. The van der Waals surface area contributed by atoms with E-state index >= 15 is 0 Å². The topological polar surface area (TPSA) is 25.8 Å². The number of nitrogens with zero attached hydrogens (tertiary/aromatic N) is 2. The molecule has 15 rings (SSSR count). The molecule has 0 amide bonds. The summed E-state index contributed by atoms with van der Waals surface area (Å²) in [6, 6.07) is 93.7. The van der Waals surface area contributed by atoms with Gasteiger partial charge in [0, 0.05) is 23.5 Å². The van der Waals surface area contributed by atoms with E-state index in [0.717, 1.165) is 28.1 Å². The molecular weight excluding hydrogens is 941 g/mol. The first-order valence-corrected chi connectivity index (χ1v) is 27.0. The summed E-state index contributed by atoms with van der Waals surface area (Å²) in [5, 5.41) is 9.90. The van der Waals surface area contributed by atoms with E-state index in [1.807, 2.05) is 24.5 Å². The van der Waals surface area contributed by atoms with E-state index in [1.54, 1.807) is 0 Å². The summed E-state index contributed by atoms with van der Waals surface area (Å²) in [5.74, 6) is 0. The van der Waals surface area contributed by atoms with E-state index in [2.05, 4.69) is 257 Å². The molecule has 2 aliphatic carbocycles. The molecule has 2 aliphatic rings. The predicted octanol–water partition coefficient (Wildman–Crippen LogP) is 19.7. The Morgan fingerprint density at radius 3 is 1.15 bits per heavy atom. The van der Waals surface area contributed by atoms with Gasteiger partial charge in [-0.3, -0.25) is 9.97 Å². The molecule has 0 radical (unpaired) electrons. The van der Waals surface area contributed by atoms with Crippen molar-refractivity contribution in [2.75, 3.05) is 0 Å². The van der Waals surface area contributed by atoms with Crippen LogP contribution in [0.3, 0.4) is 0 Å². The Morgan fingerprint density at radius 2 is 0.641 bits per heavy atom. The molecule has 2 heteroatoms. The SMILES string of the molecule is Cc1c2c(c(C)c(-c3cc(-c4ccccn4)cc(-c4ccccn4)c3)c1-c1ccccc1)C(c1cccc3c1ccc1ccccc13)=C1C(c3ccccc3)=C(c3ccccc3)C(c3cccc4c3ccc3ccccc34)=C12. The summed E-state index contributed by atoms with van der Waals surface area (Å²) in [5.41, 5.74) is 25.9. The van der Waals surface area contributed by atoms with Crippen molar-refractivity contribution >= 4 is 71.0 Å². The maximum Gasteiger partial charge on any atom is 0.0702 e. The van der Waals surface area contributed by atoms with Crippen molar-refractivity contribution in [3.63, 3.8) is 0 Å². The zero-order valence-corrected chi connectivity index (χ0v) is 43.3. The third-order valence-corrected chi connectivity index (χ3v) is 16.4. The molecule has 0 saturated heterocycles. The second-order valence-corrected chi connectivity index (χ2v) is 20.7. The van der Waals surface area contributed by atoms with Gasteiger partial charge >= 0.3 is 0 Å². The minimum atomic E-state index is 0.914. The molecule has 0 atom stereocenters. The van der Waals surface area contributed by atoms with Gasteiger partial charge in [-0.15, -0.1) is 0 Å². The highest BCUT2D eigenvalue weighted by Crippen LogP contribution is 2.65. The minimum absolute atomic E-state index is 0.914. The van der Waals surface area contributed by atoms with Gasteiger partial charge in [0.25, 0.3) is 0 Å². The Morgan fingerprint density at radius 1 is 0.231 bits per heavy atom. The summed E-state index contributed by atoms with van der Waals surface area (Å²) in [6.45, 7) is 4.79. The zero-order chi connectivity index (χ0) is 51.8. The molecular formula is C76H50N2. The molecule has 0 saturated carbocycles. The Bertz CT molecular complexity index is 4630. The van der Waals surface area contributed by atoms with Crippen LogP contribution in [-0.4, -0.2) is 9.97 Å². The van der Waals surface area contributed by atoms with Gasteiger partial charge in [0.05, 0.1) is 11.4 Å². The van der Waals surface area contributed by atoms with E-state index in [-0.39, 0.29) is 0 Å². The highest BCUT2D eigenvalue weighted by Gasteiger charge is 2.43. The summed E-state index contributed by atoms with van der Waals surface area (Å²) in [4.78, 5) is 9.89. The van der Waals surface area contributed by atoms with Crippen molar-refractivity contribution in [2.45, 2.75) is 13.8 Å². The van der Waals surface area contributed by atoms with Crippen molar-refractivity contribution in [2.24, 2.45) is 0 Å². The number of hydrogen-bond acceptors (Lipinski definition) is 2. The number of fused-ring (bicyclic) bond motifs is 9. The lowest BCUT2D eigenvalue weighted by Gasteiger charge is -2.25. The second kappa shape index (κ2) is 18.4. The van der Waals surface area contributed by atoms with Crippen LogP contribution < -0.4 is 0 Å². The summed E-state index contributed by atoms with van der Waals surface area (Å²) in [6.07, 6.45) is 3.77. The molecule has 0 bridgehead atoms. The molecule has 2 heterocycles. The van der Waals surface area contributed by atoms with Crippen LogP contribution in [0.2, 0.25) is 0 Å². The van der Waals surface area contributed by atoms with Gasteiger partial charge in [-0.1, -0.05) is 212 Å². The van der Waals surface area contributed by atoms with Crippen molar-refractivity contribution in [1.82, 2.24) is 9.97 Å². The number of benzene rings is 11. The Kier molecular flexibility index (Phi) is 10.7. The lowest BCUT2D eigenvalue weighted by Crippen LogP contribution is -2.04. The Balaban J connectivity index is 1.17. The smallest absolute Gasteiger partial charge is 0.0702 e. The van der Waals surface area contributed by atoms with Crippen LogP contribution in [0.4, 0.5) is 0 Å². The standard InChI is InChI=1S/C76H50N2/c1-47-67(51-24-6-3-7-25-51)68(56-45-54(65-36-16-18-42-77-65)44-55(46-56)66-37-17-19-43-78-66)48(2)69-70(47)75-74(64-35-21-33-60-58-31-15-13-23-50(58)39-41-62(60)64)71(52-26-8-4-9-27-52)72(53-28-10-5-11-29-53)76(75)73(69)63-34-20-32-59-57-30-14-12-22-49(57)38-40-61(59)63/h3-46H,1-2H3. The van der Waals surface area contributed by atoms with Gasteiger partial charge in [-0.05, 0) is 200 Å². The van der Waals surface area contributed by atoms with E-state index in [1.165, 1.54) is 138 Å². The second-order valence-electron chi connectivity index (χ2n) is 20.7. The van der Waals surface area contributed by atoms with Crippen molar-refractivity contribution in [3.05, 3.63) is 317 Å². The van der Waals surface area contributed by atoms with Crippen molar-refractivity contribution < 1.29 is 0 Å². The Labute approximate surface area is 454 Å². The number of rotatable bonds is 8. The van der Waals surface area contributed by atoms with Crippen LogP contribution in [0, 0.1) is 13.8 Å². The van der Waals surface area contributed by atoms with E-state index < -0.39 is 0 Å². The van der Waals surface area contributed by atoms with Crippen molar-refractivity contribution in [1.29, 1.82) is 0 Å². The van der Waals surface area contributed by atoms with Gasteiger partial charge in [-0.25, -0.2) is 0 Å². The number of pyridine rings is 2. The average Bonchev–Trinajstić information content (AvgIpc) is 4.20. The van der Waals surface area contributed by atoms with Crippen LogP contribution in [-0.2, 0) is 0 Å². The number of hydrogen-bond donors (Lipinski definition) is 0. The zero-order valence-electron chi connectivity index (χ0n) is 43.3. The maximum absolute atomic E-state index is 4.94. The summed E-state index contributed by atoms with van der Waals surface area (Å²) in [7, 11) is 0. The lowest BCUT2D eigenvalue weighted by atomic mass is 9.78. The van der Waals surface area contributed by atoms with E-state index in [9.17, 15) is 0 Å². The van der Waals surface area contributed by atoms with Crippen molar-refractivity contribution in [3.8, 4) is 44.8 Å². The van der Waals surface area contributed by atoms with Crippen LogP contribution in [0.25, 0.3) is 116 Å². The largest absolute Gasteiger partial charge is 0.256 e. The van der Waals surface area contributed by atoms with Crippen LogP contribution in [0.15, 0.2) is 273 Å². The van der Waals surface area contributed by atoms with Gasteiger partial charge in [0.2, 0.25) is 0 Å². The monoisotopic (exact) mass is 990 g/mol. The van der Waals surface area contributed by atoms with Gasteiger partial charge in [-0.2, -0.15) is 0 Å². The first kappa shape index (κ1) is 45.4. The fourth-order valence-electron chi connectivity index (χ4n) is 13.2. The molecule has 0 spiro atoms. The molecule has 0 aliphatic heterocycles. The minimum Gasteiger partial charge on any atom is -0.256 e. The maximum atomic E-state index is 4.94. The molecule has 11 aromatic carbocycles. The van der Waals surface area contributed by atoms with Crippen LogP contribution in [0.5, 0.6) is 0 Å². The van der Waals surface area contributed by atoms with E-state index in [4.69, 9.17) is 9.97 Å². The number of aromatic nitrogens is 2. The first-order chi connectivity index (χ1) is 38.6. The van der Waals surface area contributed by atoms with Gasteiger partial charge < -0.3 is 0 Å². The molecule has 0 fully saturated rings. The quantitative estimate of drug-likeness (QED) is 0.142. The van der Waals surface area contributed by atoms with Gasteiger partial charge in [0.1, 0.15) is 0 Å². The normalized spacial score (nSPS) is 13.1. The molecule has 2 aromatic heterocycles. The van der Waals surface area contributed by atoms with E-state index in [0.29, 0.717) is 0 Å². The van der Waals surface area contributed by atoms with Crippen LogP contribution >= 0.6 is 0 Å². The summed E-state index contributed by atoms with van der Waals surface area (Å²) >= 11 is 0.